The van der Waals surface area contributed by atoms with E-state index in [-0.39, 0.29) is 6.04 Å². The van der Waals surface area contributed by atoms with Crippen LogP contribution >= 0.6 is 15.9 Å². The van der Waals surface area contributed by atoms with Crippen LogP contribution in [0.4, 0.5) is 0 Å². The van der Waals surface area contributed by atoms with Crippen molar-refractivity contribution in [3.63, 3.8) is 0 Å². The van der Waals surface area contributed by atoms with E-state index >= 15 is 0 Å². The number of hydrogen-bond donors (Lipinski definition) is 1. The van der Waals surface area contributed by atoms with Gasteiger partial charge in [-0.15, -0.1) is 0 Å². The van der Waals surface area contributed by atoms with Crippen LogP contribution in [0.3, 0.4) is 0 Å². The molecule has 2 rings (SSSR count). The second-order valence-electron chi connectivity index (χ2n) is 5.12. The number of rotatable bonds is 3. The highest BCUT2D eigenvalue weighted by Crippen LogP contribution is 2.26. The second-order valence-corrected chi connectivity index (χ2v) is 6.04. The maximum Gasteiger partial charge on any atom is 0.0975 e. The topological polar surface area (TPSA) is 38.4 Å². The van der Waals surface area contributed by atoms with Crippen molar-refractivity contribution in [3.8, 4) is 0 Å². The zero-order valence-corrected chi connectivity index (χ0v) is 12.5. The fraction of sp³-hybridized carbons (Fsp3) is 0.533. The summed E-state index contributed by atoms with van der Waals surface area (Å²) in [5, 5.41) is 0. The Balaban J connectivity index is 2.06. The minimum Gasteiger partial charge on any atom is -0.387 e. The predicted molar refractivity (Wildman–Crippen MR) is 80.8 cm³/mol. The smallest absolute Gasteiger partial charge is 0.0975 e. The Labute approximate surface area is 118 Å². The first-order chi connectivity index (χ1) is 8.66. The van der Waals surface area contributed by atoms with E-state index in [9.17, 15) is 0 Å². The monoisotopic (exact) mass is 308 g/mol. The van der Waals surface area contributed by atoms with Gasteiger partial charge >= 0.3 is 0 Å². The van der Waals surface area contributed by atoms with Crippen molar-refractivity contribution in [2.75, 3.05) is 0 Å². The molecule has 0 radical (unpaired) electrons. The van der Waals surface area contributed by atoms with Crippen molar-refractivity contribution < 1.29 is 0 Å². The fourth-order valence-electron chi connectivity index (χ4n) is 2.57. The largest absolute Gasteiger partial charge is 0.387 e. The SMILES string of the molecule is CC(N=C(N)C1CCCCC1)c1cccc(Br)c1. The zero-order valence-electron chi connectivity index (χ0n) is 10.9. The molecule has 0 aromatic heterocycles. The molecular weight excluding hydrogens is 288 g/mol. The molecule has 1 aliphatic carbocycles. The van der Waals surface area contributed by atoms with Gasteiger partial charge in [-0.25, -0.2) is 0 Å². The Hall–Kier alpha value is -0.830. The second kappa shape index (κ2) is 6.37. The first kappa shape index (κ1) is 13.6. The molecule has 3 heteroatoms. The lowest BCUT2D eigenvalue weighted by Crippen LogP contribution is -2.26. The summed E-state index contributed by atoms with van der Waals surface area (Å²) in [5.41, 5.74) is 7.37. The van der Waals surface area contributed by atoms with E-state index in [4.69, 9.17) is 5.73 Å². The summed E-state index contributed by atoms with van der Waals surface area (Å²) in [6.07, 6.45) is 6.37. The molecule has 0 heterocycles. The lowest BCUT2D eigenvalue weighted by Gasteiger charge is -2.22. The van der Waals surface area contributed by atoms with Crippen LogP contribution in [0, 0.1) is 5.92 Å². The van der Waals surface area contributed by atoms with Crippen molar-refractivity contribution in [3.05, 3.63) is 34.3 Å². The summed E-state index contributed by atoms with van der Waals surface area (Å²) in [6.45, 7) is 2.11. The third-order valence-electron chi connectivity index (χ3n) is 3.70. The van der Waals surface area contributed by atoms with Gasteiger partial charge in [-0.05, 0) is 37.5 Å². The summed E-state index contributed by atoms with van der Waals surface area (Å²) in [6, 6.07) is 8.44. The van der Waals surface area contributed by atoms with Gasteiger partial charge in [-0.1, -0.05) is 47.3 Å². The van der Waals surface area contributed by atoms with Gasteiger partial charge in [0.1, 0.15) is 0 Å². The Morgan fingerprint density at radius 3 is 2.72 bits per heavy atom. The molecule has 0 aliphatic heterocycles. The van der Waals surface area contributed by atoms with Crippen LogP contribution < -0.4 is 5.73 Å². The van der Waals surface area contributed by atoms with Crippen LogP contribution in [0.1, 0.15) is 50.6 Å². The first-order valence-electron chi connectivity index (χ1n) is 6.75. The summed E-state index contributed by atoms with van der Waals surface area (Å²) in [4.78, 5) is 4.69. The Morgan fingerprint density at radius 2 is 2.06 bits per heavy atom. The zero-order chi connectivity index (χ0) is 13.0. The van der Waals surface area contributed by atoms with Crippen LogP contribution in [0.5, 0.6) is 0 Å². The van der Waals surface area contributed by atoms with E-state index in [0.717, 1.165) is 10.3 Å². The van der Waals surface area contributed by atoms with Crippen molar-refractivity contribution in [2.45, 2.75) is 45.1 Å². The highest BCUT2D eigenvalue weighted by atomic mass is 79.9. The number of benzene rings is 1. The first-order valence-corrected chi connectivity index (χ1v) is 7.55. The number of aliphatic imine (C=N–C) groups is 1. The van der Waals surface area contributed by atoms with E-state index in [2.05, 4.69) is 40.0 Å². The molecule has 98 valence electrons. The van der Waals surface area contributed by atoms with Gasteiger partial charge in [0.25, 0.3) is 0 Å². The summed E-state index contributed by atoms with van der Waals surface area (Å²) in [5.74, 6) is 1.36. The third kappa shape index (κ3) is 3.58. The minimum absolute atomic E-state index is 0.143. The highest BCUT2D eigenvalue weighted by molar-refractivity contribution is 9.10. The fourth-order valence-corrected chi connectivity index (χ4v) is 2.99. The van der Waals surface area contributed by atoms with Crippen molar-refractivity contribution in [1.29, 1.82) is 0 Å². The van der Waals surface area contributed by atoms with Gasteiger partial charge in [-0.2, -0.15) is 0 Å². The Bertz CT molecular complexity index is 422. The molecule has 1 atom stereocenters. The molecule has 18 heavy (non-hydrogen) atoms. The molecule has 1 aromatic carbocycles. The van der Waals surface area contributed by atoms with Gasteiger partial charge in [0, 0.05) is 10.4 Å². The van der Waals surface area contributed by atoms with E-state index in [1.807, 2.05) is 12.1 Å². The maximum absolute atomic E-state index is 6.16. The summed E-state index contributed by atoms with van der Waals surface area (Å²) < 4.78 is 1.10. The minimum atomic E-state index is 0.143. The molecule has 1 fully saturated rings. The molecule has 0 saturated heterocycles. The standard InChI is InChI=1S/C15H21BrN2/c1-11(13-8-5-9-14(16)10-13)18-15(17)12-6-3-2-4-7-12/h5,8-12H,2-4,6-7H2,1H3,(H2,17,18). The van der Waals surface area contributed by atoms with Crippen LogP contribution in [-0.4, -0.2) is 5.84 Å². The van der Waals surface area contributed by atoms with Crippen LogP contribution in [0.15, 0.2) is 33.7 Å². The van der Waals surface area contributed by atoms with Crippen molar-refractivity contribution in [2.24, 2.45) is 16.6 Å². The van der Waals surface area contributed by atoms with E-state index < -0.39 is 0 Å². The highest BCUT2D eigenvalue weighted by Gasteiger charge is 2.17. The lowest BCUT2D eigenvalue weighted by atomic mass is 9.88. The Kier molecular flexibility index (Phi) is 4.81. The van der Waals surface area contributed by atoms with Gasteiger partial charge in [-0.3, -0.25) is 4.99 Å². The van der Waals surface area contributed by atoms with E-state index in [0.29, 0.717) is 5.92 Å². The van der Waals surface area contributed by atoms with Gasteiger partial charge < -0.3 is 5.73 Å². The summed E-state index contributed by atoms with van der Waals surface area (Å²) >= 11 is 3.49. The van der Waals surface area contributed by atoms with Crippen LogP contribution in [0.2, 0.25) is 0 Å². The molecule has 2 N–H and O–H groups in total. The van der Waals surface area contributed by atoms with Gasteiger partial charge in [0.15, 0.2) is 0 Å². The molecule has 1 aromatic rings. The van der Waals surface area contributed by atoms with Crippen LogP contribution in [-0.2, 0) is 0 Å². The van der Waals surface area contributed by atoms with Gasteiger partial charge in [0.2, 0.25) is 0 Å². The molecular formula is C15H21BrN2. The normalized spacial score (nSPS) is 19.8. The number of hydrogen-bond acceptors (Lipinski definition) is 1. The number of nitrogens with two attached hydrogens (primary N) is 1. The van der Waals surface area contributed by atoms with Crippen molar-refractivity contribution >= 4 is 21.8 Å². The molecule has 2 nitrogen and oxygen atoms in total. The van der Waals surface area contributed by atoms with Crippen LogP contribution in [0.25, 0.3) is 0 Å². The molecule has 1 saturated carbocycles. The lowest BCUT2D eigenvalue weighted by molar-refractivity contribution is 0.435. The maximum atomic E-state index is 6.16. The Morgan fingerprint density at radius 1 is 1.33 bits per heavy atom. The average molecular weight is 309 g/mol. The van der Waals surface area contributed by atoms with E-state index in [1.54, 1.807) is 0 Å². The van der Waals surface area contributed by atoms with Gasteiger partial charge in [0.05, 0.1) is 11.9 Å². The van der Waals surface area contributed by atoms with Crippen molar-refractivity contribution in [1.82, 2.24) is 0 Å². The third-order valence-corrected chi connectivity index (χ3v) is 4.19. The molecule has 1 unspecified atom stereocenters. The summed E-state index contributed by atoms with van der Waals surface area (Å²) in [7, 11) is 0. The number of nitrogens with zero attached hydrogens (tertiary/aromatic N) is 1. The average Bonchev–Trinajstić information content (AvgIpc) is 2.39. The van der Waals surface area contributed by atoms with E-state index in [1.165, 1.54) is 37.7 Å². The number of amidine groups is 1. The molecule has 0 bridgehead atoms. The number of halogens is 1. The molecule has 0 amide bonds. The molecule has 0 spiro atoms. The molecule has 1 aliphatic rings. The quantitative estimate of drug-likeness (QED) is 0.650. The predicted octanol–water partition coefficient (Wildman–Crippen LogP) is 4.45.